The van der Waals surface area contributed by atoms with E-state index in [1.165, 1.54) is 45.1 Å². The Balaban J connectivity index is 1.96. The molecule has 0 aromatic rings. The van der Waals surface area contributed by atoms with Crippen LogP contribution in [0.15, 0.2) is 0 Å². The molecule has 1 heteroatoms. The highest BCUT2D eigenvalue weighted by atomic mass is 14.8. The maximum Gasteiger partial charge on any atom is 0.000746 e. The van der Waals surface area contributed by atoms with Crippen LogP contribution >= 0.6 is 0 Å². The Labute approximate surface area is 101 Å². The second-order valence-corrected chi connectivity index (χ2v) is 7.31. The van der Waals surface area contributed by atoms with Gasteiger partial charge in [-0.25, -0.2) is 0 Å². The summed E-state index contributed by atoms with van der Waals surface area (Å²) in [4.78, 5) is 0. The molecule has 0 unspecified atom stereocenters. The Morgan fingerprint density at radius 2 is 1.62 bits per heavy atom. The number of nitrogens with one attached hydrogen (secondary N) is 1. The number of rotatable bonds is 3. The van der Waals surface area contributed by atoms with Gasteiger partial charge in [-0.2, -0.15) is 0 Å². The Morgan fingerprint density at radius 1 is 1.06 bits per heavy atom. The van der Waals surface area contributed by atoms with Crippen LogP contribution in [0.4, 0.5) is 0 Å². The van der Waals surface area contributed by atoms with Crippen LogP contribution in [0.5, 0.6) is 0 Å². The van der Waals surface area contributed by atoms with E-state index in [9.17, 15) is 0 Å². The molecule has 0 aromatic heterocycles. The first-order valence-corrected chi connectivity index (χ1v) is 7.12. The minimum absolute atomic E-state index is 0.523. The standard InChI is InChI=1S/C15H29N/c1-14(2,3)12-7-9-15(10-8-12,11-16-4)13-5-6-13/h12-13,16H,5-11H2,1-4H3. The molecule has 1 nitrogen and oxygen atoms in total. The van der Waals surface area contributed by atoms with Crippen LogP contribution in [0, 0.1) is 22.7 Å². The maximum absolute atomic E-state index is 3.45. The molecule has 1 N–H and O–H groups in total. The average Bonchev–Trinajstić information content (AvgIpc) is 3.00. The van der Waals surface area contributed by atoms with Gasteiger partial charge in [-0.05, 0) is 68.2 Å². The van der Waals surface area contributed by atoms with E-state index in [1.807, 2.05) is 0 Å². The molecule has 0 bridgehead atoms. The zero-order valence-electron chi connectivity index (χ0n) is 11.6. The SMILES string of the molecule is CNCC1(C2CC2)CCC(C(C)(C)C)CC1. The molecule has 2 fully saturated rings. The van der Waals surface area contributed by atoms with E-state index < -0.39 is 0 Å². The van der Waals surface area contributed by atoms with E-state index in [1.54, 1.807) is 0 Å². The summed E-state index contributed by atoms with van der Waals surface area (Å²) in [5.74, 6) is 2.01. The van der Waals surface area contributed by atoms with Crippen molar-refractivity contribution in [3.05, 3.63) is 0 Å². The molecular weight excluding hydrogens is 194 g/mol. The van der Waals surface area contributed by atoms with Crippen molar-refractivity contribution < 1.29 is 0 Å². The van der Waals surface area contributed by atoms with E-state index in [4.69, 9.17) is 0 Å². The second-order valence-electron chi connectivity index (χ2n) is 7.31. The molecule has 94 valence electrons. The topological polar surface area (TPSA) is 12.0 Å². The first kappa shape index (κ1) is 12.4. The third-order valence-corrected chi connectivity index (χ3v) is 5.18. The van der Waals surface area contributed by atoms with Crippen molar-refractivity contribution in [1.82, 2.24) is 5.32 Å². The third kappa shape index (κ3) is 2.45. The lowest BCUT2D eigenvalue weighted by atomic mass is 9.62. The minimum atomic E-state index is 0.523. The third-order valence-electron chi connectivity index (χ3n) is 5.18. The van der Waals surface area contributed by atoms with Crippen LogP contribution in [0.3, 0.4) is 0 Å². The maximum atomic E-state index is 3.45. The van der Waals surface area contributed by atoms with Gasteiger partial charge in [0, 0.05) is 6.54 Å². The van der Waals surface area contributed by atoms with Gasteiger partial charge in [-0.1, -0.05) is 20.8 Å². The van der Waals surface area contributed by atoms with Gasteiger partial charge in [0.1, 0.15) is 0 Å². The first-order chi connectivity index (χ1) is 7.48. The Bertz CT molecular complexity index is 226. The van der Waals surface area contributed by atoms with Crippen molar-refractivity contribution >= 4 is 0 Å². The van der Waals surface area contributed by atoms with E-state index in [-0.39, 0.29) is 0 Å². The zero-order chi connectivity index (χ0) is 11.8. The van der Waals surface area contributed by atoms with E-state index in [0.717, 1.165) is 11.8 Å². The summed E-state index contributed by atoms with van der Waals surface area (Å²) in [5.41, 5.74) is 1.20. The van der Waals surface area contributed by atoms with Gasteiger partial charge >= 0.3 is 0 Å². The summed E-state index contributed by atoms with van der Waals surface area (Å²) in [6.07, 6.45) is 8.87. The fourth-order valence-electron chi connectivity index (χ4n) is 3.84. The lowest BCUT2D eigenvalue weighted by Gasteiger charge is -2.44. The molecular formula is C15H29N. The van der Waals surface area contributed by atoms with Gasteiger partial charge < -0.3 is 5.32 Å². The van der Waals surface area contributed by atoms with Gasteiger partial charge in [0.05, 0.1) is 0 Å². The van der Waals surface area contributed by atoms with Gasteiger partial charge in [0.2, 0.25) is 0 Å². The quantitative estimate of drug-likeness (QED) is 0.766. The van der Waals surface area contributed by atoms with Crippen molar-refractivity contribution in [1.29, 1.82) is 0 Å². The fraction of sp³-hybridized carbons (Fsp3) is 1.00. The molecule has 2 rings (SSSR count). The number of hydrogen-bond donors (Lipinski definition) is 1. The molecule has 0 radical (unpaired) electrons. The molecule has 2 saturated carbocycles. The largest absolute Gasteiger partial charge is 0.319 e. The van der Waals surface area contributed by atoms with E-state index in [2.05, 4.69) is 33.1 Å². The lowest BCUT2D eigenvalue weighted by Crippen LogP contribution is -2.40. The molecule has 0 aliphatic heterocycles. The molecule has 0 heterocycles. The highest BCUT2D eigenvalue weighted by Crippen LogP contribution is 2.55. The van der Waals surface area contributed by atoms with Crippen molar-refractivity contribution in [2.75, 3.05) is 13.6 Å². The summed E-state index contributed by atoms with van der Waals surface area (Å²) in [6.45, 7) is 8.51. The van der Waals surface area contributed by atoms with Gasteiger partial charge in [-0.3, -0.25) is 0 Å². The minimum Gasteiger partial charge on any atom is -0.319 e. The molecule has 0 atom stereocenters. The van der Waals surface area contributed by atoms with Crippen LogP contribution in [-0.4, -0.2) is 13.6 Å². The van der Waals surface area contributed by atoms with Gasteiger partial charge in [0.25, 0.3) is 0 Å². The van der Waals surface area contributed by atoms with Crippen LogP contribution in [0.1, 0.15) is 59.3 Å². The Hall–Kier alpha value is -0.0400. The van der Waals surface area contributed by atoms with Crippen molar-refractivity contribution in [2.24, 2.45) is 22.7 Å². The highest BCUT2D eigenvalue weighted by Gasteiger charge is 2.47. The molecule has 0 saturated heterocycles. The van der Waals surface area contributed by atoms with Gasteiger partial charge in [-0.15, -0.1) is 0 Å². The Kier molecular flexibility index (Phi) is 3.36. The smallest absolute Gasteiger partial charge is 0.000746 e. The summed E-state index contributed by atoms with van der Waals surface area (Å²) < 4.78 is 0. The van der Waals surface area contributed by atoms with E-state index >= 15 is 0 Å². The summed E-state index contributed by atoms with van der Waals surface area (Å²) >= 11 is 0. The van der Waals surface area contributed by atoms with Crippen molar-refractivity contribution in [2.45, 2.75) is 59.3 Å². The monoisotopic (exact) mass is 223 g/mol. The van der Waals surface area contributed by atoms with E-state index in [0.29, 0.717) is 10.8 Å². The predicted octanol–water partition coefficient (Wildman–Crippen LogP) is 3.84. The molecule has 0 aromatic carbocycles. The first-order valence-electron chi connectivity index (χ1n) is 7.12. The van der Waals surface area contributed by atoms with Crippen LogP contribution in [0.25, 0.3) is 0 Å². The predicted molar refractivity (Wildman–Crippen MR) is 70.5 cm³/mol. The molecule has 0 amide bonds. The zero-order valence-corrected chi connectivity index (χ0v) is 11.6. The van der Waals surface area contributed by atoms with Crippen LogP contribution in [-0.2, 0) is 0 Å². The second kappa shape index (κ2) is 4.33. The average molecular weight is 223 g/mol. The normalized spacial score (nSPS) is 36.4. The van der Waals surface area contributed by atoms with Crippen LogP contribution in [0.2, 0.25) is 0 Å². The summed E-state index contributed by atoms with van der Waals surface area (Å²) in [6, 6.07) is 0. The van der Waals surface area contributed by atoms with Gasteiger partial charge in [0.15, 0.2) is 0 Å². The fourth-order valence-corrected chi connectivity index (χ4v) is 3.84. The molecule has 0 spiro atoms. The summed E-state index contributed by atoms with van der Waals surface area (Å²) in [7, 11) is 2.12. The molecule has 2 aliphatic carbocycles. The van der Waals surface area contributed by atoms with Crippen molar-refractivity contribution in [3.8, 4) is 0 Å². The Morgan fingerprint density at radius 3 is 2.00 bits per heavy atom. The van der Waals surface area contributed by atoms with Crippen molar-refractivity contribution in [3.63, 3.8) is 0 Å². The molecule has 16 heavy (non-hydrogen) atoms. The lowest BCUT2D eigenvalue weighted by molar-refractivity contribution is 0.0713. The molecule has 2 aliphatic rings. The summed E-state index contributed by atoms with van der Waals surface area (Å²) in [5, 5.41) is 3.45. The van der Waals surface area contributed by atoms with Crippen LogP contribution < -0.4 is 5.32 Å². The number of hydrogen-bond acceptors (Lipinski definition) is 1. The highest BCUT2D eigenvalue weighted by molar-refractivity contribution is 4.99.